The molecule has 0 amide bonds. The number of aliphatic hydroxyl groups is 1. The molecular weight excluding hydrogens is 224 g/mol. The van der Waals surface area contributed by atoms with Gasteiger partial charge in [0.2, 0.25) is 0 Å². The molecule has 2 N–H and O–H groups in total. The van der Waals surface area contributed by atoms with Crippen LogP contribution in [0.1, 0.15) is 40.5 Å². The summed E-state index contributed by atoms with van der Waals surface area (Å²) in [5.41, 5.74) is -1.77. The highest BCUT2D eigenvalue weighted by molar-refractivity contribution is 5.77. The molecule has 100 valence electrons. The van der Waals surface area contributed by atoms with Crippen LogP contribution in [0.3, 0.4) is 0 Å². The number of aliphatic carboxylic acids is 1. The van der Waals surface area contributed by atoms with Gasteiger partial charge < -0.3 is 19.7 Å². The number of hydrogen-bond donors (Lipinski definition) is 2. The van der Waals surface area contributed by atoms with E-state index in [1.807, 2.05) is 13.8 Å². The molecule has 1 aliphatic rings. The van der Waals surface area contributed by atoms with Gasteiger partial charge in [-0.05, 0) is 27.7 Å². The average Bonchev–Trinajstić information content (AvgIpc) is 2.15. The van der Waals surface area contributed by atoms with Gasteiger partial charge in [-0.25, -0.2) is 4.79 Å². The largest absolute Gasteiger partial charge is 0.479 e. The van der Waals surface area contributed by atoms with Crippen molar-refractivity contribution in [3.8, 4) is 0 Å². The van der Waals surface area contributed by atoms with Gasteiger partial charge in [-0.2, -0.15) is 0 Å². The Morgan fingerprint density at radius 2 is 2.00 bits per heavy atom. The lowest BCUT2D eigenvalue weighted by Gasteiger charge is -2.43. The summed E-state index contributed by atoms with van der Waals surface area (Å²) in [7, 11) is 0. The van der Waals surface area contributed by atoms with Gasteiger partial charge in [0.15, 0.2) is 5.60 Å². The molecule has 0 spiro atoms. The van der Waals surface area contributed by atoms with Crippen molar-refractivity contribution in [3.05, 3.63) is 0 Å². The molecule has 0 aromatic heterocycles. The van der Waals surface area contributed by atoms with Gasteiger partial charge in [0.05, 0.1) is 24.4 Å². The van der Waals surface area contributed by atoms with E-state index in [2.05, 4.69) is 0 Å². The van der Waals surface area contributed by atoms with Crippen molar-refractivity contribution < 1.29 is 24.5 Å². The van der Waals surface area contributed by atoms with Crippen LogP contribution in [0.15, 0.2) is 0 Å². The second-order valence-electron chi connectivity index (χ2n) is 5.40. The molecule has 1 heterocycles. The molecule has 1 saturated heterocycles. The van der Waals surface area contributed by atoms with E-state index in [9.17, 15) is 15.0 Å². The third-order valence-corrected chi connectivity index (χ3v) is 3.19. The fourth-order valence-corrected chi connectivity index (χ4v) is 2.11. The van der Waals surface area contributed by atoms with E-state index < -0.39 is 29.4 Å². The third-order valence-electron chi connectivity index (χ3n) is 3.19. The van der Waals surface area contributed by atoms with Crippen LogP contribution in [-0.4, -0.2) is 46.2 Å². The Hall–Kier alpha value is -0.650. The first-order chi connectivity index (χ1) is 7.68. The SMILES string of the molecule is CC(O)C(C)OC1(C(=O)O)CCOC(C)(C)C1. The van der Waals surface area contributed by atoms with E-state index >= 15 is 0 Å². The zero-order valence-electron chi connectivity index (χ0n) is 10.9. The third kappa shape index (κ3) is 3.40. The van der Waals surface area contributed by atoms with E-state index in [1.54, 1.807) is 13.8 Å². The first kappa shape index (κ1) is 14.4. The Morgan fingerprint density at radius 3 is 2.41 bits per heavy atom. The molecule has 1 aliphatic heterocycles. The number of aliphatic hydroxyl groups excluding tert-OH is 1. The molecule has 3 unspecified atom stereocenters. The van der Waals surface area contributed by atoms with E-state index in [0.29, 0.717) is 13.0 Å². The van der Waals surface area contributed by atoms with Gasteiger partial charge in [-0.1, -0.05) is 0 Å². The number of carbonyl (C=O) groups is 1. The van der Waals surface area contributed by atoms with Crippen LogP contribution in [-0.2, 0) is 14.3 Å². The summed E-state index contributed by atoms with van der Waals surface area (Å²) in [6.07, 6.45) is -0.618. The second kappa shape index (κ2) is 4.92. The van der Waals surface area contributed by atoms with Crippen molar-refractivity contribution >= 4 is 5.97 Å². The van der Waals surface area contributed by atoms with Gasteiger partial charge in [-0.3, -0.25) is 0 Å². The van der Waals surface area contributed by atoms with Crippen LogP contribution < -0.4 is 0 Å². The minimum Gasteiger partial charge on any atom is -0.479 e. The summed E-state index contributed by atoms with van der Waals surface area (Å²) in [5.74, 6) is -0.985. The fraction of sp³-hybridized carbons (Fsp3) is 0.917. The standard InChI is InChI=1S/C12H22O5/c1-8(13)9(2)17-12(10(14)15)5-6-16-11(3,4)7-12/h8-9,13H,5-7H2,1-4H3,(H,14,15). The van der Waals surface area contributed by atoms with Gasteiger partial charge >= 0.3 is 5.97 Å². The maximum absolute atomic E-state index is 11.5. The number of ether oxygens (including phenoxy) is 2. The van der Waals surface area contributed by atoms with Crippen LogP contribution in [0.4, 0.5) is 0 Å². The molecule has 5 nitrogen and oxygen atoms in total. The van der Waals surface area contributed by atoms with Crippen molar-refractivity contribution in [2.24, 2.45) is 0 Å². The molecule has 1 rings (SSSR count). The Labute approximate surface area is 102 Å². The first-order valence-electron chi connectivity index (χ1n) is 5.92. The summed E-state index contributed by atoms with van der Waals surface area (Å²) in [6.45, 7) is 7.31. The number of rotatable bonds is 4. The lowest BCUT2D eigenvalue weighted by atomic mass is 9.84. The molecular formula is C12H22O5. The van der Waals surface area contributed by atoms with Gasteiger partial charge in [-0.15, -0.1) is 0 Å². The maximum Gasteiger partial charge on any atom is 0.336 e. The Kier molecular flexibility index (Phi) is 4.17. The van der Waals surface area contributed by atoms with Gasteiger partial charge in [0.25, 0.3) is 0 Å². The van der Waals surface area contributed by atoms with E-state index in [1.165, 1.54) is 0 Å². The molecule has 0 aromatic rings. The van der Waals surface area contributed by atoms with Crippen LogP contribution >= 0.6 is 0 Å². The van der Waals surface area contributed by atoms with Crippen LogP contribution in [0, 0.1) is 0 Å². The number of hydrogen-bond acceptors (Lipinski definition) is 4. The first-order valence-corrected chi connectivity index (χ1v) is 5.92. The zero-order chi connectivity index (χ0) is 13.3. The highest BCUT2D eigenvalue weighted by atomic mass is 16.6. The summed E-state index contributed by atoms with van der Waals surface area (Å²) in [6, 6.07) is 0. The summed E-state index contributed by atoms with van der Waals surface area (Å²) in [5, 5.41) is 18.8. The molecule has 0 aliphatic carbocycles. The average molecular weight is 246 g/mol. The predicted molar refractivity (Wildman–Crippen MR) is 61.9 cm³/mol. The van der Waals surface area contributed by atoms with Crippen molar-refractivity contribution in [2.45, 2.75) is 63.9 Å². The Morgan fingerprint density at radius 1 is 1.41 bits per heavy atom. The van der Waals surface area contributed by atoms with Crippen molar-refractivity contribution in [2.75, 3.05) is 6.61 Å². The van der Waals surface area contributed by atoms with Crippen molar-refractivity contribution in [1.29, 1.82) is 0 Å². The smallest absolute Gasteiger partial charge is 0.336 e. The molecule has 17 heavy (non-hydrogen) atoms. The highest BCUT2D eigenvalue weighted by Gasteiger charge is 2.49. The number of carboxylic acids is 1. The molecule has 3 atom stereocenters. The maximum atomic E-state index is 11.5. The summed E-state index contributed by atoms with van der Waals surface area (Å²) < 4.78 is 11.1. The van der Waals surface area contributed by atoms with Crippen LogP contribution in [0.2, 0.25) is 0 Å². The minimum absolute atomic E-state index is 0.284. The summed E-state index contributed by atoms with van der Waals surface area (Å²) >= 11 is 0. The van der Waals surface area contributed by atoms with Crippen LogP contribution in [0.5, 0.6) is 0 Å². The monoisotopic (exact) mass is 246 g/mol. The van der Waals surface area contributed by atoms with E-state index in [-0.39, 0.29) is 6.42 Å². The number of carboxylic acid groups (broad SMARTS) is 1. The van der Waals surface area contributed by atoms with Crippen molar-refractivity contribution in [1.82, 2.24) is 0 Å². The quantitative estimate of drug-likeness (QED) is 0.779. The molecule has 1 fully saturated rings. The lowest BCUT2D eigenvalue weighted by molar-refractivity contribution is -0.216. The second-order valence-corrected chi connectivity index (χ2v) is 5.40. The predicted octanol–water partition coefficient (Wildman–Crippen LogP) is 1.18. The molecule has 0 saturated carbocycles. The molecule has 0 bridgehead atoms. The minimum atomic E-state index is -1.25. The van der Waals surface area contributed by atoms with Crippen molar-refractivity contribution in [3.63, 3.8) is 0 Å². The molecule has 0 radical (unpaired) electrons. The summed E-state index contributed by atoms with van der Waals surface area (Å²) in [4.78, 5) is 11.5. The van der Waals surface area contributed by atoms with Gasteiger partial charge in [0.1, 0.15) is 0 Å². The topological polar surface area (TPSA) is 76.0 Å². The zero-order valence-corrected chi connectivity index (χ0v) is 10.9. The lowest BCUT2D eigenvalue weighted by Crippen LogP contribution is -2.54. The normalized spacial score (nSPS) is 31.8. The highest BCUT2D eigenvalue weighted by Crippen LogP contribution is 2.36. The van der Waals surface area contributed by atoms with E-state index in [0.717, 1.165) is 0 Å². The van der Waals surface area contributed by atoms with E-state index in [4.69, 9.17) is 9.47 Å². The molecule has 5 heteroatoms. The fourth-order valence-electron chi connectivity index (χ4n) is 2.11. The van der Waals surface area contributed by atoms with Crippen LogP contribution in [0.25, 0.3) is 0 Å². The molecule has 0 aromatic carbocycles. The van der Waals surface area contributed by atoms with Gasteiger partial charge in [0, 0.05) is 12.8 Å². The Balaban J connectivity index is 2.86. The Bertz CT molecular complexity index is 287.